The van der Waals surface area contributed by atoms with Crippen molar-refractivity contribution in [2.24, 2.45) is 5.92 Å². The molecule has 1 aliphatic heterocycles. The van der Waals surface area contributed by atoms with Crippen LogP contribution in [0.1, 0.15) is 6.42 Å². The third-order valence-electron chi connectivity index (χ3n) is 2.36. The summed E-state index contributed by atoms with van der Waals surface area (Å²) in [7, 11) is 0. The number of amides is 1. The van der Waals surface area contributed by atoms with Crippen molar-refractivity contribution in [1.29, 1.82) is 0 Å². The van der Waals surface area contributed by atoms with E-state index in [0.717, 1.165) is 25.2 Å². The maximum Gasteiger partial charge on any atom is 0.228 e. The van der Waals surface area contributed by atoms with E-state index < -0.39 is 0 Å². The topological polar surface area (TPSA) is 54.0 Å². The smallest absolute Gasteiger partial charge is 0.228 e. The molecular weight excluding hydrogens is 178 g/mol. The molecule has 4 heteroatoms. The highest BCUT2D eigenvalue weighted by molar-refractivity contribution is 5.92. The number of carbonyl (C=O) groups excluding carboxylic acids is 1. The molecule has 1 aromatic heterocycles. The average Bonchev–Trinajstić information content (AvgIpc) is 2.72. The van der Waals surface area contributed by atoms with E-state index in [0.29, 0.717) is 0 Å². The van der Waals surface area contributed by atoms with Crippen LogP contribution in [0.3, 0.4) is 0 Å². The monoisotopic (exact) mass is 191 g/mol. The molecule has 1 atom stereocenters. The Balaban J connectivity index is 1.94. The van der Waals surface area contributed by atoms with Crippen molar-refractivity contribution >= 4 is 11.6 Å². The van der Waals surface area contributed by atoms with Gasteiger partial charge < -0.3 is 10.6 Å². The van der Waals surface area contributed by atoms with Crippen molar-refractivity contribution in [3.63, 3.8) is 0 Å². The van der Waals surface area contributed by atoms with E-state index in [1.54, 1.807) is 12.4 Å². The first-order chi connectivity index (χ1) is 6.86. The fourth-order valence-electron chi connectivity index (χ4n) is 1.56. The predicted octanol–water partition coefficient (Wildman–Crippen LogP) is 0.630. The number of hydrogen-bond donors (Lipinski definition) is 2. The second-order valence-electron chi connectivity index (χ2n) is 3.42. The molecule has 1 unspecified atom stereocenters. The number of carbonyl (C=O) groups is 1. The number of pyridine rings is 1. The van der Waals surface area contributed by atoms with Gasteiger partial charge in [-0.2, -0.15) is 0 Å². The van der Waals surface area contributed by atoms with Gasteiger partial charge in [-0.1, -0.05) is 0 Å². The van der Waals surface area contributed by atoms with E-state index in [1.165, 1.54) is 0 Å². The maximum absolute atomic E-state index is 11.6. The van der Waals surface area contributed by atoms with Gasteiger partial charge in [-0.05, 0) is 25.1 Å². The Kier molecular flexibility index (Phi) is 2.74. The largest absolute Gasteiger partial charge is 0.324 e. The number of nitrogens with one attached hydrogen (secondary N) is 2. The lowest BCUT2D eigenvalue weighted by Gasteiger charge is -2.08. The summed E-state index contributed by atoms with van der Waals surface area (Å²) >= 11 is 0. The zero-order chi connectivity index (χ0) is 9.80. The molecule has 0 radical (unpaired) electrons. The van der Waals surface area contributed by atoms with Gasteiger partial charge in [0.25, 0.3) is 0 Å². The molecule has 1 aromatic rings. The summed E-state index contributed by atoms with van der Waals surface area (Å²) < 4.78 is 0. The standard InChI is InChI=1S/C10H13N3O/c14-10(8-3-5-12-6-8)13-9-2-1-4-11-7-9/h1-2,4,7-8,12H,3,5-6H2,(H,13,14). The van der Waals surface area contributed by atoms with E-state index in [1.807, 2.05) is 12.1 Å². The van der Waals surface area contributed by atoms with Crippen LogP contribution in [0.4, 0.5) is 5.69 Å². The van der Waals surface area contributed by atoms with Crippen molar-refractivity contribution in [1.82, 2.24) is 10.3 Å². The van der Waals surface area contributed by atoms with Crippen LogP contribution in [-0.2, 0) is 4.79 Å². The van der Waals surface area contributed by atoms with Gasteiger partial charge in [-0.3, -0.25) is 9.78 Å². The van der Waals surface area contributed by atoms with Gasteiger partial charge in [0.2, 0.25) is 5.91 Å². The minimum atomic E-state index is 0.0861. The van der Waals surface area contributed by atoms with Crippen LogP contribution in [0.5, 0.6) is 0 Å². The van der Waals surface area contributed by atoms with Crippen LogP contribution in [0.2, 0.25) is 0 Å². The molecule has 74 valence electrons. The van der Waals surface area contributed by atoms with Crippen LogP contribution in [0.25, 0.3) is 0 Å². The van der Waals surface area contributed by atoms with Crippen LogP contribution in [0.15, 0.2) is 24.5 Å². The van der Waals surface area contributed by atoms with Gasteiger partial charge in [-0.25, -0.2) is 0 Å². The third-order valence-corrected chi connectivity index (χ3v) is 2.36. The lowest BCUT2D eigenvalue weighted by atomic mass is 10.1. The number of nitrogens with zero attached hydrogens (tertiary/aromatic N) is 1. The summed E-state index contributed by atoms with van der Waals surface area (Å²) in [6, 6.07) is 3.65. The van der Waals surface area contributed by atoms with E-state index in [4.69, 9.17) is 0 Å². The zero-order valence-corrected chi connectivity index (χ0v) is 7.86. The molecule has 0 aliphatic carbocycles. The van der Waals surface area contributed by atoms with Gasteiger partial charge in [0.15, 0.2) is 0 Å². The Bertz CT molecular complexity index is 306. The second-order valence-corrected chi connectivity index (χ2v) is 3.42. The minimum Gasteiger partial charge on any atom is -0.324 e. The van der Waals surface area contributed by atoms with Gasteiger partial charge in [0, 0.05) is 12.7 Å². The van der Waals surface area contributed by atoms with Gasteiger partial charge in [0.05, 0.1) is 17.8 Å². The highest BCUT2D eigenvalue weighted by Gasteiger charge is 2.22. The number of rotatable bonds is 2. The Hall–Kier alpha value is -1.42. The van der Waals surface area contributed by atoms with Crippen molar-refractivity contribution < 1.29 is 4.79 Å². The number of hydrogen-bond acceptors (Lipinski definition) is 3. The fraction of sp³-hybridized carbons (Fsp3) is 0.400. The van der Waals surface area contributed by atoms with Crippen LogP contribution in [-0.4, -0.2) is 24.0 Å². The molecule has 2 N–H and O–H groups in total. The summed E-state index contributed by atoms with van der Waals surface area (Å²) in [5.74, 6) is 0.193. The molecule has 0 bridgehead atoms. The van der Waals surface area contributed by atoms with E-state index in [9.17, 15) is 4.79 Å². The lowest BCUT2D eigenvalue weighted by Crippen LogP contribution is -2.24. The molecule has 14 heavy (non-hydrogen) atoms. The molecule has 0 spiro atoms. The third kappa shape index (κ3) is 2.09. The number of aromatic nitrogens is 1. The Morgan fingerprint density at radius 3 is 3.21 bits per heavy atom. The van der Waals surface area contributed by atoms with Gasteiger partial charge in [-0.15, -0.1) is 0 Å². The van der Waals surface area contributed by atoms with E-state index in [-0.39, 0.29) is 11.8 Å². The minimum absolute atomic E-state index is 0.0861. The molecule has 1 fully saturated rings. The van der Waals surface area contributed by atoms with Crippen molar-refractivity contribution in [3.8, 4) is 0 Å². The lowest BCUT2D eigenvalue weighted by molar-refractivity contribution is -0.119. The van der Waals surface area contributed by atoms with Gasteiger partial charge in [0.1, 0.15) is 0 Å². The molecular formula is C10H13N3O. The normalized spacial score (nSPS) is 20.7. The van der Waals surface area contributed by atoms with Crippen molar-refractivity contribution in [2.45, 2.75) is 6.42 Å². The van der Waals surface area contributed by atoms with Crippen LogP contribution in [0, 0.1) is 5.92 Å². The molecule has 1 aliphatic rings. The van der Waals surface area contributed by atoms with Crippen LogP contribution < -0.4 is 10.6 Å². The summed E-state index contributed by atoms with van der Waals surface area (Å²) in [4.78, 5) is 15.6. The summed E-state index contributed by atoms with van der Waals surface area (Å²) in [5.41, 5.74) is 0.768. The number of anilines is 1. The quantitative estimate of drug-likeness (QED) is 0.721. The SMILES string of the molecule is O=C(Nc1cccnc1)C1CCNC1. The molecule has 1 amide bonds. The molecule has 2 rings (SSSR count). The first-order valence-corrected chi connectivity index (χ1v) is 4.78. The first-order valence-electron chi connectivity index (χ1n) is 4.78. The summed E-state index contributed by atoms with van der Waals surface area (Å²) in [5, 5.41) is 6.00. The highest BCUT2D eigenvalue weighted by Crippen LogP contribution is 2.11. The van der Waals surface area contributed by atoms with Gasteiger partial charge >= 0.3 is 0 Å². The Morgan fingerprint density at radius 2 is 2.57 bits per heavy atom. The molecule has 0 saturated carbocycles. The predicted molar refractivity (Wildman–Crippen MR) is 53.8 cm³/mol. The first kappa shape index (κ1) is 9.15. The molecule has 2 heterocycles. The average molecular weight is 191 g/mol. The zero-order valence-electron chi connectivity index (χ0n) is 7.86. The van der Waals surface area contributed by atoms with Crippen molar-refractivity contribution in [2.75, 3.05) is 18.4 Å². The summed E-state index contributed by atoms with van der Waals surface area (Å²) in [6.07, 6.45) is 4.26. The van der Waals surface area contributed by atoms with E-state index in [2.05, 4.69) is 15.6 Å². The molecule has 1 saturated heterocycles. The molecule has 0 aromatic carbocycles. The maximum atomic E-state index is 11.6. The van der Waals surface area contributed by atoms with Crippen molar-refractivity contribution in [3.05, 3.63) is 24.5 Å². The molecule has 4 nitrogen and oxygen atoms in total. The second kappa shape index (κ2) is 4.19. The summed E-state index contributed by atoms with van der Waals surface area (Å²) in [6.45, 7) is 1.72. The Morgan fingerprint density at radius 1 is 1.64 bits per heavy atom. The van der Waals surface area contributed by atoms with Crippen LogP contribution >= 0.6 is 0 Å². The highest BCUT2D eigenvalue weighted by atomic mass is 16.1. The Labute approximate surface area is 82.7 Å². The fourth-order valence-corrected chi connectivity index (χ4v) is 1.56. The van der Waals surface area contributed by atoms with E-state index >= 15 is 0 Å².